The first kappa shape index (κ1) is 13.6. The predicted octanol–water partition coefficient (Wildman–Crippen LogP) is -0.582. The van der Waals surface area contributed by atoms with Crippen molar-refractivity contribution in [3.8, 4) is 0 Å². The molecule has 0 N–H and O–H groups in total. The minimum Gasteiger partial charge on any atom is -1.00 e. The molecular weight excluding hydrogens is 325 g/mol. The van der Waals surface area contributed by atoms with Crippen LogP contribution in [-0.2, 0) is 0 Å². The molecule has 0 unspecified atom stereocenters. The Morgan fingerprint density at radius 2 is 1.47 bits per heavy atom. The molecule has 86 valence electrons. The van der Waals surface area contributed by atoms with Crippen LogP contribution in [0, 0.1) is 0 Å². The molecule has 2 aromatic rings. The van der Waals surface area contributed by atoms with E-state index in [0.717, 1.165) is 11.8 Å². The summed E-state index contributed by atoms with van der Waals surface area (Å²) in [5.74, 6) is 0. The van der Waals surface area contributed by atoms with E-state index in [1.54, 1.807) is 0 Å². The van der Waals surface area contributed by atoms with Gasteiger partial charge in [0.25, 0.3) is 0 Å². The molecule has 0 atom stereocenters. The molecule has 2 rings (SSSR count). The zero-order valence-corrected chi connectivity index (χ0v) is 11.3. The Kier molecular flexibility index (Phi) is 5.56. The van der Waals surface area contributed by atoms with E-state index in [4.69, 9.17) is 0 Å². The van der Waals surface area contributed by atoms with Crippen LogP contribution in [-0.4, -0.2) is 6.29 Å². The fourth-order valence-electron chi connectivity index (χ4n) is 1.37. The quantitative estimate of drug-likeness (QED) is 0.417. The number of hydrogen-bond donors (Lipinski definition) is 0. The van der Waals surface area contributed by atoms with Crippen LogP contribution in [0.5, 0.6) is 0 Å². The Balaban J connectivity index is 0.00000144. The molecule has 0 fully saturated rings. The number of carbonyl (C=O) groups is 1. The number of halogens is 1. The van der Waals surface area contributed by atoms with Gasteiger partial charge < -0.3 is 24.0 Å². The molecule has 3 heteroatoms. The van der Waals surface area contributed by atoms with Gasteiger partial charge in [-0.05, 0) is 5.56 Å². The fraction of sp³-hybridized carbons (Fsp3) is 0. The van der Waals surface area contributed by atoms with E-state index in [2.05, 4.69) is 0 Å². The first-order valence-corrected chi connectivity index (χ1v) is 5.08. The van der Waals surface area contributed by atoms with Crippen molar-refractivity contribution >= 4 is 18.6 Å². The highest BCUT2D eigenvalue weighted by Crippen LogP contribution is 2.04. The van der Waals surface area contributed by atoms with Gasteiger partial charge >= 0.3 is 0 Å². The maximum absolute atomic E-state index is 10.5. The number of nitrogens with zero attached hydrogens (tertiary/aromatic N) is 1. The lowest BCUT2D eigenvalue weighted by molar-refractivity contribution is -0.567. The van der Waals surface area contributed by atoms with E-state index < -0.39 is 0 Å². The molecule has 2 nitrogen and oxygen atoms in total. The SMILES string of the molecule is O=Cc1ccc(C=C[n+]2ccccc2)cc1.[I-]. The van der Waals surface area contributed by atoms with Gasteiger partial charge in [0.05, 0.1) is 0 Å². The van der Waals surface area contributed by atoms with Gasteiger partial charge in [-0.3, -0.25) is 4.79 Å². The topological polar surface area (TPSA) is 20.9 Å². The van der Waals surface area contributed by atoms with Crippen LogP contribution >= 0.6 is 0 Å². The third kappa shape index (κ3) is 4.11. The Bertz CT molecular complexity index is 491. The van der Waals surface area contributed by atoms with Gasteiger partial charge in [0, 0.05) is 23.8 Å². The van der Waals surface area contributed by atoms with E-state index in [9.17, 15) is 4.79 Å². The Labute approximate surface area is 118 Å². The van der Waals surface area contributed by atoms with Crippen molar-refractivity contribution in [2.75, 3.05) is 0 Å². The summed E-state index contributed by atoms with van der Waals surface area (Å²) in [4.78, 5) is 10.5. The Morgan fingerprint density at radius 3 is 2.06 bits per heavy atom. The molecule has 0 aliphatic heterocycles. The Hall–Kier alpha value is -1.49. The number of aldehydes is 1. The first-order chi connectivity index (χ1) is 7.88. The van der Waals surface area contributed by atoms with Gasteiger partial charge in [-0.2, -0.15) is 4.57 Å². The molecular formula is C14H12INO. The molecule has 1 heterocycles. The highest BCUT2D eigenvalue weighted by Gasteiger charge is 1.92. The second-order valence-corrected chi connectivity index (χ2v) is 3.42. The van der Waals surface area contributed by atoms with E-state index in [-0.39, 0.29) is 24.0 Å². The van der Waals surface area contributed by atoms with Gasteiger partial charge in [0.15, 0.2) is 18.6 Å². The van der Waals surface area contributed by atoms with Crippen LogP contribution in [0.15, 0.2) is 54.9 Å². The van der Waals surface area contributed by atoms with Crippen molar-refractivity contribution in [3.63, 3.8) is 0 Å². The lowest BCUT2D eigenvalue weighted by Gasteiger charge is -1.92. The molecule has 0 aliphatic rings. The maximum Gasteiger partial charge on any atom is 0.175 e. The lowest BCUT2D eigenvalue weighted by atomic mass is 10.1. The average molecular weight is 337 g/mol. The summed E-state index contributed by atoms with van der Waals surface area (Å²) in [7, 11) is 0. The number of hydrogen-bond acceptors (Lipinski definition) is 1. The lowest BCUT2D eigenvalue weighted by Crippen LogP contribution is -3.00. The van der Waals surface area contributed by atoms with Crippen LogP contribution in [0.1, 0.15) is 15.9 Å². The molecule has 0 saturated carbocycles. The molecule has 0 bridgehead atoms. The third-order valence-electron chi connectivity index (χ3n) is 2.25. The van der Waals surface area contributed by atoms with Gasteiger partial charge in [-0.15, -0.1) is 0 Å². The molecule has 0 aliphatic carbocycles. The zero-order chi connectivity index (χ0) is 11.2. The van der Waals surface area contributed by atoms with Gasteiger partial charge in [-0.1, -0.05) is 30.3 Å². The van der Waals surface area contributed by atoms with Crippen LogP contribution in [0.4, 0.5) is 0 Å². The van der Waals surface area contributed by atoms with E-state index in [0.29, 0.717) is 5.56 Å². The minimum atomic E-state index is 0. The summed E-state index contributed by atoms with van der Waals surface area (Å²) < 4.78 is 1.97. The molecule has 17 heavy (non-hydrogen) atoms. The highest BCUT2D eigenvalue weighted by molar-refractivity contribution is 5.75. The second-order valence-electron chi connectivity index (χ2n) is 3.42. The second kappa shape index (κ2) is 6.96. The van der Waals surface area contributed by atoms with E-state index in [1.807, 2.05) is 71.7 Å². The molecule has 1 aromatic carbocycles. The van der Waals surface area contributed by atoms with Crippen LogP contribution in [0.2, 0.25) is 0 Å². The normalized spacial score (nSPS) is 9.88. The van der Waals surface area contributed by atoms with E-state index in [1.165, 1.54) is 0 Å². The van der Waals surface area contributed by atoms with Gasteiger partial charge in [-0.25, -0.2) is 0 Å². The Morgan fingerprint density at radius 1 is 0.882 bits per heavy atom. The molecule has 1 aromatic heterocycles. The summed E-state index contributed by atoms with van der Waals surface area (Å²) in [6.07, 6.45) is 8.75. The standard InChI is InChI=1S/C14H12NO.HI/c16-12-14-6-4-13(5-7-14)8-11-15-9-2-1-3-10-15;/h1-12H;1H/q+1;/p-1. The van der Waals surface area contributed by atoms with Crippen molar-refractivity contribution in [1.82, 2.24) is 0 Å². The number of carbonyl (C=O) groups excluding carboxylic acids is 1. The summed E-state index contributed by atoms with van der Waals surface area (Å²) in [6, 6.07) is 13.4. The average Bonchev–Trinajstić information content (AvgIpc) is 2.38. The minimum absolute atomic E-state index is 0. The van der Waals surface area contributed by atoms with Gasteiger partial charge in [0.1, 0.15) is 6.29 Å². The molecule has 0 radical (unpaired) electrons. The van der Waals surface area contributed by atoms with Crippen LogP contribution < -0.4 is 28.5 Å². The van der Waals surface area contributed by atoms with Crippen molar-refractivity contribution < 1.29 is 33.3 Å². The number of pyridine rings is 1. The molecule has 0 amide bonds. The van der Waals surface area contributed by atoms with E-state index >= 15 is 0 Å². The van der Waals surface area contributed by atoms with Crippen molar-refractivity contribution in [2.24, 2.45) is 0 Å². The molecule has 0 saturated heterocycles. The highest BCUT2D eigenvalue weighted by atomic mass is 127. The summed E-state index contributed by atoms with van der Waals surface area (Å²) in [5, 5.41) is 0. The number of rotatable bonds is 3. The van der Waals surface area contributed by atoms with Gasteiger partial charge in [0.2, 0.25) is 0 Å². The van der Waals surface area contributed by atoms with Crippen LogP contribution in [0.3, 0.4) is 0 Å². The predicted molar refractivity (Wildman–Crippen MR) is 63.7 cm³/mol. The first-order valence-electron chi connectivity index (χ1n) is 5.08. The summed E-state index contributed by atoms with van der Waals surface area (Å²) >= 11 is 0. The van der Waals surface area contributed by atoms with Crippen LogP contribution in [0.25, 0.3) is 12.3 Å². The number of aromatic nitrogens is 1. The smallest absolute Gasteiger partial charge is 0.175 e. The van der Waals surface area contributed by atoms with Crippen molar-refractivity contribution in [1.29, 1.82) is 0 Å². The molecule has 0 spiro atoms. The monoisotopic (exact) mass is 337 g/mol. The maximum atomic E-state index is 10.5. The fourth-order valence-corrected chi connectivity index (χ4v) is 1.37. The third-order valence-corrected chi connectivity index (χ3v) is 2.25. The van der Waals surface area contributed by atoms with Crippen molar-refractivity contribution in [3.05, 3.63) is 66.0 Å². The summed E-state index contributed by atoms with van der Waals surface area (Å²) in [6.45, 7) is 0. The largest absolute Gasteiger partial charge is 1.00 e. The van der Waals surface area contributed by atoms with Crippen molar-refractivity contribution in [2.45, 2.75) is 0 Å². The summed E-state index contributed by atoms with van der Waals surface area (Å²) in [5.41, 5.74) is 1.77. The number of benzene rings is 1. The zero-order valence-electron chi connectivity index (χ0n) is 9.16.